The number of aryl methyl sites for hydroxylation is 1. The molecule has 2 heterocycles. The third kappa shape index (κ3) is 6.89. The van der Waals surface area contributed by atoms with Gasteiger partial charge in [0.1, 0.15) is 11.4 Å². The predicted octanol–water partition coefficient (Wildman–Crippen LogP) is 4.64. The molecule has 2 aromatic heterocycles. The van der Waals surface area contributed by atoms with Gasteiger partial charge < -0.3 is 4.74 Å². The summed E-state index contributed by atoms with van der Waals surface area (Å²) in [7, 11) is -3.19. The van der Waals surface area contributed by atoms with Crippen molar-refractivity contribution < 1.29 is 31.1 Å². The van der Waals surface area contributed by atoms with Gasteiger partial charge in [-0.2, -0.15) is 17.5 Å². The molecule has 0 saturated heterocycles. The summed E-state index contributed by atoms with van der Waals surface area (Å²) in [6.45, 7) is 1.15. The van der Waals surface area contributed by atoms with E-state index in [0.717, 1.165) is 29.6 Å². The van der Waals surface area contributed by atoms with Gasteiger partial charge >= 0.3 is 11.9 Å². The number of nitrogens with zero attached hydrogens (tertiary/aromatic N) is 3. The van der Waals surface area contributed by atoms with Gasteiger partial charge in [-0.05, 0) is 60.4 Å². The molecule has 0 saturated carbocycles. The van der Waals surface area contributed by atoms with E-state index < -0.39 is 45.7 Å². The molecule has 0 bridgehead atoms. The summed E-state index contributed by atoms with van der Waals surface area (Å²) in [5, 5.41) is 1.33. The van der Waals surface area contributed by atoms with Crippen LogP contribution in [0.15, 0.2) is 87.8 Å². The van der Waals surface area contributed by atoms with Crippen LogP contribution in [0.25, 0.3) is 33.1 Å². The molecule has 1 N–H and O–H groups in total. The second kappa shape index (κ2) is 12.2. The Labute approximate surface area is 257 Å². The van der Waals surface area contributed by atoms with Crippen LogP contribution in [-0.4, -0.2) is 34.4 Å². The van der Waals surface area contributed by atoms with Crippen molar-refractivity contribution in [2.45, 2.75) is 13.1 Å². The van der Waals surface area contributed by atoms with Gasteiger partial charge in [-0.3, -0.25) is 14.2 Å². The number of carbonyl (C=O) groups excluding carboxylic acids is 1. The minimum absolute atomic E-state index is 0.0199. The molecular formula is C30H23F3N4O6S2. The zero-order valence-corrected chi connectivity index (χ0v) is 25.2. The van der Waals surface area contributed by atoms with Gasteiger partial charge in [0.2, 0.25) is 0 Å². The van der Waals surface area contributed by atoms with Gasteiger partial charge in [-0.1, -0.05) is 42.0 Å². The van der Waals surface area contributed by atoms with Crippen LogP contribution in [0.2, 0.25) is 0 Å². The monoisotopic (exact) mass is 656 g/mol. The van der Waals surface area contributed by atoms with Crippen molar-refractivity contribution in [3.63, 3.8) is 0 Å². The Kier molecular flexibility index (Phi) is 8.49. The fraction of sp³-hybridized carbons (Fsp3) is 0.133. The number of benzene rings is 3. The van der Waals surface area contributed by atoms with Crippen LogP contribution < -0.4 is 20.7 Å². The third-order valence-corrected chi connectivity index (χ3v) is 8.40. The fourth-order valence-electron chi connectivity index (χ4n) is 4.45. The highest BCUT2D eigenvalue weighted by Crippen LogP contribution is 2.37. The molecule has 0 radical (unpaired) electrons. The first-order valence-electron chi connectivity index (χ1n) is 13.1. The molecule has 5 rings (SSSR count). The Morgan fingerprint density at radius 2 is 1.78 bits per heavy atom. The molecule has 0 aliphatic carbocycles. The molecule has 15 heteroatoms. The fourth-order valence-corrected chi connectivity index (χ4v) is 6.00. The summed E-state index contributed by atoms with van der Waals surface area (Å²) in [5.41, 5.74) is -1.51. The number of hydrogen-bond donors (Lipinski definition) is 1. The average molecular weight is 657 g/mol. The molecule has 1 amide bonds. The van der Waals surface area contributed by atoms with Crippen molar-refractivity contribution in [1.29, 1.82) is 0 Å². The van der Waals surface area contributed by atoms with Crippen LogP contribution in [0.3, 0.4) is 0 Å². The highest BCUT2D eigenvalue weighted by Gasteiger charge is 2.35. The van der Waals surface area contributed by atoms with Crippen LogP contribution in [0.1, 0.15) is 16.8 Å². The van der Waals surface area contributed by atoms with E-state index in [1.165, 1.54) is 18.2 Å². The zero-order valence-electron chi connectivity index (χ0n) is 23.5. The predicted molar refractivity (Wildman–Crippen MR) is 164 cm³/mol. The molecule has 0 aliphatic heterocycles. The highest BCUT2D eigenvalue weighted by molar-refractivity contribution is 7.93. The molecule has 45 heavy (non-hydrogen) atoms. The van der Waals surface area contributed by atoms with Crippen LogP contribution in [0.5, 0.6) is 5.75 Å². The smallest absolute Gasteiger partial charge is 0.431 e. The number of rotatable bonds is 8. The van der Waals surface area contributed by atoms with Crippen molar-refractivity contribution in [3.8, 4) is 22.7 Å². The number of carbonyl (C=O) groups is 1. The SMILES string of the molecule is Cc1ccc(OCC(=O)NS(=O)(=O)C=Cc2ccccc2)c(-c2nsc3ccc(-n4c(=O)cc(C(F)(F)F)n(C)c4=O)cc23)c1. The van der Waals surface area contributed by atoms with Crippen molar-refractivity contribution in [2.24, 2.45) is 7.05 Å². The van der Waals surface area contributed by atoms with Crippen LogP contribution in [0.4, 0.5) is 13.2 Å². The maximum absolute atomic E-state index is 13.3. The van der Waals surface area contributed by atoms with Gasteiger partial charge in [-0.25, -0.2) is 22.5 Å². The van der Waals surface area contributed by atoms with Gasteiger partial charge in [-0.15, -0.1) is 0 Å². The summed E-state index contributed by atoms with van der Waals surface area (Å²) in [6, 6.07) is 18.5. The van der Waals surface area contributed by atoms with Crippen LogP contribution >= 0.6 is 11.5 Å². The summed E-state index contributed by atoms with van der Waals surface area (Å²) in [4.78, 5) is 38.0. The number of amides is 1. The molecule has 0 spiro atoms. The molecule has 5 aromatic rings. The molecule has 3 aromatic carbocycles. The van der Waals surface area contributed by atoms with Gasteiger partial charge in [0.15, 0.2) is 6.61 Å². The van der Waals surface area contributed by atoms with Crippen molar-refractivity contribution >= 4 is 43.6 Å². The minimum Gasteiger partial charge on any atom is -0.483 e. The zero-order chi connectivity index (χ0) is 32.5. The molecule has 0 fully saturated rings. The van der Waals surface area contributed by atoms with E-state index >= 15 is 0 Å². The summed E-state index contributed by atoms with van der Waals surface area (Å²) < 4.78 is 78.4. The van der Waals surface area contributed by atoms with Gasteiger partial charge in [0, 0.05) is 24.1 Å². The second-order valence-corrected chi connectivity index (χ2v) is 12.2. The Morgan fingerprint density at radius 1 is 1.04 bits per heavy atom. The van der Waals surface area contributed by atoms with Gasteiger partial charge in [0.25, 0.3) is 21.5 Å². The van der Waals surface area contributed by atoms with E-state index in [-0.39, 0.29) is 11.4 Å². The van der Waals surface area contributed by atoms with Crippen LogP contribution in [-0.2, 0) is 28.0 Å². The number of ether oxygens (including phenoxy) is 1. The lowest BCUT2D eigenvalue weighted by molar-refractivity contribution is -0.144. The summed E-state index contributed by atoms with van der Waals surface area (Å²) in [6.07, 6.45) is -3.56. The van der Waals surface area contributed by atoms with E-state index in [1.807, 2.05) is 4.72 Å². The van der Waals surface area contributed by atoms with E-state index in [0.29, 0.717) is 42.1 Å². The molecule has 0 atom stereocenters. The maximum atomic E-state index is 13.3. The molecule has 10 nitrogen and oxygen atoms in total. The van der Waals surface area contributed by atoms with E-state index in [2.05, 4.69) is 4.37 Å². The topological polar surface area (TPSA) is 129 Å². The first kappa shape index (κ1) is 31.4. The lowest BCUT2D eigenvalue weighted by Gasteiger charge is -2.14. The molecular weight excluding hydrogens is 633 g/mol. The second-order valence-electron chi connectivity index (χ2n) is 9.83. The number of fused-ring (bicyclic) bond motifs is 1. The van der Waals surface area contributed by atoms with Crippen LogP contribution in [0, 0.1) is 6.92 Å². The van der Waals surface area contributed by atoms with Crippen molar-refractivity contribution in [2.75, 3.05) is 6.61 Å². The van der Waals surface area contributed by atoms with Crippen molar-refractivity contribution in [1.82, 2.24) is 18.2 Å². The van der Waals surface area contributed by atoms with Crippen molar-refractivity contribution in [3.05, 3.63) is 116 Å². The Hall–Kier alpha value is -5.02. The number of hydrogen-bond acceptors (Lipinski definition) is 8. The minimum atomic E-state index is -4.90. The highest BCUT2D eigenvalue weighted by atomic mass is 32.2. The first-order valence-corrected chi connectivity index (χ1v) is 15.4. The number of nitrogens with one attached hydrogen (secondary N) is 1. The lowest BCUT2D eigenvalue weighted by atomic mass is 10.0. The normalized spacial score (nSPS) is 12.1. The molecule has 0 aliphatic rings. The van der Waals surface area contributed by atoms with E-state index in [4.69, 9.17) is 4.74 Å². The number of aromatic nitrogens is 3. The Morgan fingerprint density at radius 3 is 2.49 bits per heavy atom. The van der Waals surface area contributed by atoms with E-state index in [1.54, 1.807) is 61.5 Å². The largest absolute Gasteiger partial charge is 0.483 e. The summed E-state index contributed by atoms with van der Waals surface area (Å²) >= 11 is 1.09. The number of alkyl halides is 3. The molecule has 0 unspecified atom stereocenters. The molecule has 232 valence electrons. The average Bonchev–Trinajstić information content (AvgIpc) is 3.40. The van der Waals surface area contributed by atoms with Gasteiger partial charge in [0.05, 0.1) is 21.5 Å². The number of sulfonamides is 1. The standard InChI is InChI=1S/C30H23F3N4O6S2/c1-18-8-10-23(43-17-26(38)35-45(41,42)13-12-19-6-4-3-5-7-19)21(14-18)28-22-15-20(9-11-24(22)44-34-28)37-27(39)16-25(30(31,32)33)36(2)29(37)40/h3-16H,17H2,1-2H3,(H,35,38). The van der Waals surface area contributed by atoms with E-state index in [9.17, 15) is 36.0 Å². The third-order valence-electron chi connectivity index (χ3n) is 6.57. The Balaban J connectivity index is 1.44. The Bertz CT molecular complexity index is 2190. The number of halogens is 3. The summed E-state index contributed by atoms with van der Waals surface area (Å²) in [5.74, 6) is -0.740. The maximum Gasteiger partial charge on any atom is 0.431 e. The quantitative estimate of drug-likeness (QED) is 0.258. The first-order chi connectivity index (χ1) is 21.2. The lowest BCUT2D eigenvalue weighted by Crippen LogP contribution is -2.40.